The number of aromatic nitrogens is 1. The van der Waals surface area contributed by atoms with Gasteiger partial charge in [0.25, 0.3) is 0 Å². The summed E-state index contributed by atoms with van der Waals surface area (Å²) in [5, 5.41) is 4.06. The first-order chi connectivity index (χ1) is 15.9. The van der Waals surface area contributed by atoms with Crippen molar-refractivity contribution in [3.63, 3.8) is 0 Å². The van der Waals surface area contributed by atoms with Crippen molar-refractivity contribution < 1.29 is 17.9 Å². The molecule has 170 valence electrons. The lowest BCUT2D eigenvalue weighted by atomic mass is 10.1. The van der Waals surface area contributed by atoms with Crippen molar-refractivity contribution in [2.24, 2.45) is 0 Å². The maximum Gasteiger partial charge on any atom is 0.210 e. The molecule has 0 amide bonds. The Kier molecular flexibility index (Phi) is 6.24. The van der Waals surface area contributed by atoms with Crippen LogP contribution in [0.15, 0.2) is 76.7 Å². The molecule has 4 aromatic rings. The standard InChI is InChI=1S/C26H26N2O4S/c1-5-18-8-12-22-21(14-18)26(28-19-9-13-23(31-3)24(15-19)32-4)25(16-27-22)33(29,30)20-10-6-17(2)7-11-20/h6-16H,5H2,1-4H3,(H,27,28). The highest BCUT2D eigenvalue weighted by Gasteiger charge is 2.24. The van der Waals surface area contributed by atoms with E-state index in [9.17, 15) is 8.42 Å². The predicted molar refractivity (Wildman–Crippen MR) is 131 cm³/mol. The topological polar surface area (TPSA) is 77.5 Å². The number of hydrogen-bond acceptors (Lipinski definition) is 6. The molecular formula is C26H26N2O4S. The number of pyridine rings is 1. The minimum absolute atomic E-state index is 0.113. The smallest absolute Gasteiger partial charge is 0.210 e. The second-order valence-electron chi connectivity index (χ2n) is 7.71. The van der Waals surface area contributed by atoms with Crippen molar-refractivity contribution in [1.29, 1.82) is 0 Å². The second-order valence-corrected chi connectivity index (χ2v) is 9.63. The zero-order chi connectivity index (χ0) is 23.6. The van der Waals surface area contributed by atoms with Gasteiger partial charge in [-0.25, -0.2) is 8.42 Å². The number of fused-ring (bicyclic) bond motifs is 1. The van der Waals surface area contributed by atoms with E-state index >= 15 is 0 Å². The van der Waals surface area contributed by atoms with Crippen molar-refractivity contribution in [1.82, 2.24) is 4.98 Å². The van der Waals surface area contributed by atoms with Crippen LogP contribution in [-0.4, -0.2) is 27.6 Å². The lowest BCUT2D eigenvalue weighted by Gasteiger charge is -2.17. The molecule has 0 saturated heterocycles. The molecule has 1 N–H and O–H groups in total. The Morgan fingerprint density at radius 2 is 1.64 bits per heavy atom. The van der Waals surface area contributed by atoms with Crippen LogP contribution in [0.4, 0.5) is 11.4 Å². The van der Waals surface area contributed by atoms with Gasteiger partial charge >= 0.3 is 0 Å². The third-order valence-corrected chi connectivity index (χ3v) is 7.36. The predicted octanol–water partition coefficient (Wildman–Crippen LogP) is 5.70. The molecule has 0 aliphatic rings. The summed E-state index contributed by atoms with van der Waals surface area (Å²) in [6.45, 7) is 3.98. The maximum absolute atomic E-state index is 13.7. The molecule has 33 heavy (non-hydrogen) atoms. The lowest BCUT2D eigenvalue weighted by Crippen LogP contribution is -2.08. The molecular weight excluding hydrogens is 436 g/mol. The number of aryl methyl sites for hydroxylation is 2. The van der Waals surface area contributed by atoms with Crippen LogP contribution in [0.3, 0.4) is 0 Å². The number of nitrogens with zero attached hydrogens (tertiary/aromatic N) is 1. The number of hydrogen-bond donors (Lipinski definition) is 1. The number of anilines is 2. The molecule has 0 fully saturated rings. The summed E-state index contributed by atoms with van der Waals surface area (Å²) < 4.78 is 38.1. The summed E-state index contributed by atoms with van der Waals surface area (Å²) in [6.07, 6.45) is 2.24. The van der Waals surface area contributed by atoms with E-state index in [0.717, 1.165) is 22.9 Å². The summed E-state index contributed by atoms with van der Waals surface area (Å²) in [6, 6.07) is 18.1. The van der Waals surface area contributed by atoms with Gasteiger partial charge in [0.1, 0.15) is 4.90 Å². The molecule has 3 aromatic carbocycles. The van der Waals surface area contributed by atoms with Gasteiger partial charge in [0.15, 0.2) is 11.5 Å². The van der Waals surface area contributed by atoms with E-state index < -0.39 is 9.84 Å². The quantitative estimate of drug-likeness (QED) is 0.380. The zero-order valence-corrected chi connectivity index (χ0v) is 19.9. The number of ether oxygens (including phenoxy) is 2. The molecule has 0 atom stereocenters. The van der Waals surface area contributed by atoms with Gasteiger partial charge in [-0.3, -0.25) is 4.98 Å². The summed E-state index contributed by atoms with van der Waals surface area (Å²) in [5.41, 5.74) is 3.93. The first-order valence-corrected chi connectivity index (χ1v) is 12.1. The second kappa shape index (κ2) is 9.11. The first kappa shape index (κ1) is 22.6. The fourth-order valence-corrected chi connectivity index (χ4v) is 5.05. The molecule has 4 rings (SSSR count). The third kappa shape index (κ3) is 4.36. The highest BCUT2D eigenvalue weighted by Crippen LogP contribution is 2.37. The van der Waals surface area contributed by atoms with E-state index in [1.54, 1.807) is 50.6 Å². The maximum atomic E-state index is 13.7. The lowest BCUT2D eigenvalue weighted by molar-refractivity contribution is 0.355. The van der Waals surface area contributed by atoms with Crippen LogP contribution in [0, 0.1) is 6.92 Å². The number of nitrogens with one attached hydrogen (secondary N) is 1. The van der Waals surface area contributed by atoms with Crippen LogP contribution in [0.1, 0.15) is 18.1 Å². The van der Waals surface area contributed by atoms with Gasteiger partial charge in [-0.2, -0.15) is 0 Å². The van der Waals surface area contributed by atoms with Crippen LogP contribution in [-0.2, 0) is 16.3 Å². The molecule has 6 nitrogen and oxygen atoms in total. The van der Waals surface area contributed by atoms with Gasteiger partial charge in [0.05, 0.1) is 30.3 Å². The Bertz CT molecular complexity index is 1410. The average molecular weight is 463 g/mol. The van der Waals surface area contributed by atoms with E-state index in [0.29, 0.717) is 28.4 Å². The highest BCUT2D eigenvalue weighted by atomic mass is 32.2. The van der Waals surface area contributed by atoms with E-state index in [1.807, 2.05) is 31.2 Å². The Labute approximate surface area is 194 Å². The van der Waals surface area contributed by atoms with Crippen molar-refractivity contribution in [3.05, 3.63) is 78.0 Å². The van der Waals surface area contributed by atoms with Gasteiger partial charge < -0.3 is 14.8 Å². The number of rotatable bonds is 7. The van der Waals surface area contributed by atoms with Crippen molar-refractivity contribution in [2.45, 2.75) is 30.1 Å². The SMILES string of the molecule is CCc1ccc2ncc(S(=O)(=O)c3ccc(C)cc3)c(Nc3ccc(OC)c(OC)c3)c2c1. The zero-order valence-electron chi connectivity index (χ0n) is 19.0. The van der Waals surface area contributed by atoms with Crippen LogP contribution < -0.4 is 14.8 Å². The van der Waals surface area contributed by atoms with Gasteiger partial charge in [0, 0.05) is 23.3 Å². The van der Waals surface area contributed by atoms with Crippen molar-refractivity contribution >= 4 is 32.1 Å². The molecule has 1 heterocycles. The fourth-order valence-electron chi connectivity index (χ4n) is 3.68. The van der Waals surface area contributed by atoms with E-state index in [4.69, 9.17) is 9.47 Å². The normalized spacial score (nSPS) is 11.4. The van der Waals surface area contributed by atoms with Crippen LogP contribution in [0.5, 0.6) is 11.5 Å². The van der Waals surface area contributed by atoms with E-state index in [-0.39, 0.29) is 9.79 Å². The molecule has 0 unspecified atom stereocenters. The van der Waals surface area contributed by atoms with E-state index in [2.05, 4.69) is 17.2 Å². The summed E-state index contributed by atoms with van der Waals surface area (Å²) in [7, 11) is -0.698. The van der Waals surface area contributed by atoms with Crippen LogP contribution in [0.25, 0.3) is 10.9 Å². The number of sulfone groups is 1. The van der Waals surface area contributed by atoms with Gasteiger partial charge in [-0.05, 0) is 55.3 Å². The number of methoxy groups -OCH3 is 2. The molecule has 0 aliphatic heterocycles. The molecule has 0 radical (unpaired) electrons. The molecule has 1 aromatic heterocycles. The number of benzene rings is 3. The third-order valence-electron chi connectivity index (χ3n) is 5.58. The Balaban J connectivity index is 1.94. The largest absolute Gasteiger partial charge is 0.493 e. The minimum Gasteiger partial charge on any atom is -0.493 e. The Morgan fingerprint density at radius 3 is 2.30 bits per heavy atom. The summed E-state index contributed by atoms with van der Waals surface area (Å²) in [4.78, 5) is 4.80. The Hall–Kier alpha value is -3.58. The van der Waals surface area contributed by atoms with Crippen molar-refractivity contribution in [3.8, 4) is 11.5 Å². The molecule has 0 spiro atoms. The monoisotopic (exact) mass is 462 g/mol. The summed E-state index contributed by atoms with van der Waals surface area (Å²) in [5.74, 6) is 1.13. The van der Waals surface area contributed by atoms with Gasteiger partial charge in [-0.1, -0.05) is 30.7 Å². The first-order valence-electron chi connectivity index (χ1n) is 10.6. The molecule has 7 heteroatoms. The average Bonchev–Trinajstić information content (AvgIpc) is 2.83. The van der Waals surface area contributed by atoms with Crippen LogP contribution >= 0.6 is 0 Å². The summed E-state index contributed by atoms with van der Waals surface area (Å²) >= 11 is 0. The van der Waals surface area contributed by atoms with E-state index in [1.165, 1.54) is 6.20 Å². The highest BCUT2D eigenvalue weighted by molar-refractivity contribution is 7.91. The van der Waals surface area contributed by atoms with Gasteiger partial charge in [0.2, 0.25) is 9.84 Å². The Morgan fingerprint density at radius 1 is 0.909 bits per heavy atom. The minimum atomic E-state index is -3.83. The fraction of sp³-hybridized carbons (Fsp3) is 0.192. The van der Waals surface area contributed by atoms with Gasteiger partial charge in [-0.15, -0.1) is 0 Å². The van der Waals surface area contributed by atoms with Crippen molar-refractivity contribution in [2.75, 3.05) is 19.5 Å². The van der Waals surface area contributed by atoms with Crippen LogP contribution in [0.2, 0.25) is 0 Å². The molecule has 0 bridgehead atoms. The molecule has 0 saturated carbocycles. The molecule has 0 aliphatic carbocycles.